The fourth-order valence-electron chi connectivity index (χ4n) is 2.39. The van der Waals surface area contributed by atoms with Gasteiger partial charge in [-0.05, 0) is 10.9 Å². The van der Waals surface area contributed by atoms with Gasteiger partial charge in [-0.25, -0.2) is 0 Å². The van der Waals surface area contributed by atoms with E-state index in [0.29, 0.717) is 19.1 Å². The molecule has 0 aromatic carbocycles. The molecule has 0 spiro atoms. The summed E-state index contributed by atoms with van der Waals surface area (Å²) in [5.41, 5.74) is 8.59. The van der Waals surface area contributed by atoms with Crippen LogP contribution in [0.4, 0.5) is 0 Å². The Kier molecular flexibility index (Phi) is 2.63. The molecule has 5 nitrogen and oxygen atoms in total. The van der Waals surface area contributed by atoms with Gasteiger partial charge in [-0.1, -0.05) is 25.9 Å². The second-order valence-corrected chi connectivity index (χ2v) is 5.34. The maximum atomic E-state index is 8.42. The average molecular weight is 211 g/mol. The van der Waals surface area contributed by atoms with E-state index in [1.54, 1.807) is 0 Å². The Morgan fingerprint density at radius 2 is 1.87 bits per heavy atom. The van der Waals surface area contributed by atoms with Crippen LogP contribution in [0.2, 0.25) is 0 Å². The molecule has 0 amide bonds. The highest BCUT2D eigenvalue weighted by Gasteiger charge is 2.50. The van der Waals surface area contributed by atoms with Crippen molar-refractivity contribution in [3.8, 4) is 0 Å². The number of nitrogens with zero attached hydrogens (tertiary/aromatic N) is 3. The highest BCUT2D eigenvalue weighted by atomic mass is 16.6. The number of ether oxygens (including phenoxy) is 2. The molecule has 0 radical (unpaired) electrons. The molecule has 2 fully saturated rings. The third-order valence-electron chi connectivity index (χ3n) is 3.34. The van der Waals surface area contributed by atoms with Crippen LogP contribution >= 0.6 is 0 Å². The van der Waals surface area contributed by atoms with Crippen molar-refractivity contribution >= 4 is 0 Å². The van der Waals surface area contributed by atoms with Crippen molar-refractivity contribution in [3.63, 3.8) is 0 Å². The lowest BCUT2D eigenvalue weighted by Crippen LogP contribution is -2.34. The molecule has 15 heavy (non-hydrogen) atoms. The predicted molar refractivity (Wildman–Crippen MR) is 55.4 cm³/mol. The van der Waals surface area contributed by atoms with E-state index in [1.165, 1.54) is 0 Å². The van der Waals surface area contributed by atoms with Crippen LogP contribution in [0.15, 0.2) is 5.11 Å². The van der Waals surface area contributed by atoms with Crippen LogP contribution in [0.5, 0.6) is 0 Å². The fraction of sp³-hybridized carbons (Fsp3) is 1.00. The molecule has 0 aromatic heterocycles. The molecule has 0 bridgehead atoms. The summed E-state index contributed by atoms with van der Waals surface area (Å²) in [6, 6.07) is -0.146. The summed E-state index contributed by atoms with van der Waals surface area (Å²) in [5.74, 6) is 0.390. The molecule has 0 N–H and O–H groups in total. The molecule has 2 aliphatic rings. The first-order valence-corrected chi connectivity index (χ1v) is 5.31. The summed E-state index contributed by atoms with van der Waals surface area (Å²) in [5, 5.41) is 3.71. The topological polar surface area (TPSA) is 67.2 Å². The Morgan fingerprint density at radius 1 is 1.20 bits per heavy atom. The summed E-state index contributed by atoms with van der Waals surface area (Å²) >= 11 is 0. The molecule has 2 aliphatic heterocycles. The van der Waals surface area contributed by atoms with Gasteiger partial charge in [0.2, 0.25) is 0 Å². The third-order valence-corrected chi connectivity index (χ3v) is 3.34. The van der Waals surface area contributed by atoms with E-state index in [9.17, 15) is 0 Å². The number of rotatable bonds is 1. The van der Waals surface area contributed by atoms with Gasteiger partial charge in [-0.15, -0.1) is 0 Å². The number of fused-ring (bicyclic) bond motifs is 1. The lowest BCUT2D eigenvalue weighted by Gasteiger charge is -2.29. The summed E-state index contributed by atoms with van der Waals surface area (Å²) in [6.07, 6.45) is 0.0608. The van der Waals surface area contributed by atoms with Gasteiger partial charge in [-0.3, -0.25) is 0 Å². The first-order chi connectivity index (χ1) is 7.04. The zero-order valence-corrected chi connectivity index (χ0v) is 9.38. The number of azide groups is 1. The van der Waals surface area contributed by atoms with Crippen LogP contribution in [0, 0.1) is 11.3 Å². The molecule has 0 saturated carbocycles. The minimum Gasteiger partial charge on any atom is -0.375 e. The van der Waals surface area contributed by atoms with Crippen molar-refractivity contribution in [2.45, 2.75) is 39.0 Å². The SMILES string of the molecule is CC(C)(C)[C@@H]1CO[C@@H]2C(N=[N+]=[N-])CO[C@@H]21. The monoisotopic (exact) mass is 211 g/mol. The van der Waals surface area contributed by atoms with Gasteiger partial charge in [0.25, 0.3) is 0 Å². The Labute approximate surface area is 89.4 Å². The summed E-state index contributed by atoms with van der Waals surface area (Å²) in [6.45, 7) is 7.76. The molecule has 2 saturated heterocycles. The van der Waals surface area contributed by atoms with Crippen LogP contribution < -0.4 is 0 Å². The van der Waals surface area contributed by atoms with Crippen LogP contribution in [0.25, 0.3) is 10.4 Å². The van der Waals surface area contributed by atoms with Crippen LogP contribution in [-0.2, 0) is 9.47 Å². The van der Waals surface area contributed by atoms with Gasteiger partial charge < -0.3 is 9.47 Å². The first kappa shape index (κ1) is 10.7. The largest absolute Gasteiger partial charge is 0.375 e. The molecule has 0 aromatic rings. The zero-order valence-electron chi connectivity index (χ0n) is 9.38. The lowest BCUT2D eigenvalue weighted by atomic mass is 9.78. The Morgan fingerprint density at radius 3 is 2.47 bits per heavy atom. The highest BCUT2D eigenvalue weighted by molar-refractivity contribution is 5.00. The molecule has 2 heterocycles. The molecular formula is C10H17N3O2. The van der Waals surface area contributed by atoms with Crippen molar-refractivity contribution in [1.29, 1.82) is 0 Å². The molecule has 5 heteroatoms. The van der Waals surface area contributed by atoms with Gasteiger partial charge in [0.1, 0.15) is 0 Å². The van der Waals surface area contributed by atoms with E-state index < -0.39 is 0 Å². The molecule has 4 atom stereocenters. The Bertz CT molecular complexity index is 294. The van der Waals surface area contributed by atoms with Gasteiger partial charge in [0.05, 0.1) is 31.5 Å². The Hall–Kier alpha value is -0.770. The Balaban J connectivity index is 2.12. The number of hydrogen-bond acceptors (Lipinski definition) is 3. The molecular weight excluding hydrogens is 194 g/mol. The lowest BCUT2D eigenvalue weighted by molar-refractivity contribution is 0.0344. The average Bonchev–Trinajstić information content (AvgIpc) is 2.66. The van der Waals surface area contributed by atoms with E-state index in [1.807, 2.05) is 0 Å². The van der Waals surface area contributed by atoms with E-state index in [4.69, 9.17) is 15.0 Å². The van der Waals surface area contributed by atoms with Crippen molar-refractivity contribution < 1.29 is 9.47 Å². The minimum atomic E-state index is -0.146. The third kappa shape index (κ3) is 1.83. The van der Waals surface area contributed by atoms with E-state index in [0.717, 1.165) is 0 Å². The van der Waals surface area contributed by atoms with Crippen molar-refractivity contribution in [2.75, 3.05) is 13.2 Å². The summed E-state index contributed by atoms with van der Waals surface area (Å²) in [7, 11) is 0. The first-order valence-electron chi connectivity index (χ1n) is 5.31. The van der Waals surface area contributed by atoms with Gasteiger partial charge in [0, 0.05) is 10.8 Å². The van der Waals surface area contributed by atoms with E-state index >= 15 is 0 Å². The van der Waals surface area contributed by atoms with Crippen molar-refractivity contribution in [3.05, 3.63) is 10.4 Å². The van der Waals surface area contributed by atoms with Crippen LogP contribution in [-0.4, -0.2) is 31.5 Å². The fourth-order valence-corrected chi connectivity index (χ4v) is 2.39. The highest BCUT2D eigenvalue weighted by Crippen LogP contribution is 2.41. The second-order valence-electron chi connectivity index (χ2n) is 5.34. The van der Waals surface area contributed by atoms with Crippen LogP contribution in [0.3, 0.4) is 0 Å². The van der Waals surface area contributed by atoms with Crippen molar-refractivity contribution in [1.82, 2.24) is 0 Å². The van der Waals surface area contributed by atoms with E-state index in [-0.39, 0.29) is 23.7 Å². The standard InChI is InChI=1S/C10H17N3O2/c1-10(2,3)6-4-14-9-7(12-13-11)5-15-8(6)9/h6-9H,4-5H2,1-3H3/t6-,7?,8-,9-/m1/s1. The molecule has 2 rings (SSSR count). The van der Waals surface area contributed by atoms with Gasteiger partial charge in [-0.2, -0.15) is 0 Å². The molecule has 84 valence electrons. The zero-order chi connectivity index (χ0) is 11.1. The number of hydrogen-bond donors (Lipinski definition) is 0. The van der Waals surface area contributed by atoms with Gasteiger partial charge in [0.15, 0.2) is 0 Å². The van der Waals surface area contributed by atoms with Crippen molar-refractivity contribution in [2.24, 2.45) is 16.4 Å². The summed E-state index contributed by atoms with van der Waals surface area (Å²) in [4.78, 5) is 2.83. The molecule has 0 aliphatic carbocycles. The maximum Gasteiger partial charge on any atom is 0.0947 e. The minimum absolute atomic E-state index is 0.0369. The van der Waals surface area contributed by atoms with Crippen LogP contribution in [0.1, 0.15) is 20.8 Å². The van der Waals surface area contributed by atoms with Gasteiger partial charge >= 0.3 is 0 Å². The molecule has 1 unspecified atom stereocenters. The summed E-state index contributed by atoms with van der Waals surface area (Å²) < 4.78 is 11.4. The predicted octanol–water partition coefficient (Wildman–Crippen LogP) is 2.13. The quantitative estimate of drug-likeness (QED) is 0.379. The second kappa shape index (κ2) is 3.67. The van der Waals surface area contributed by atoms with E-state index in [2.05, 4.69) is 30.8 Å². The smallest absolute Gasteiger partial charge is 0.0947 e. The maximum absolute atomic E-state index is 8.42. The normalized spacial score (nSPS) is 39.9.